The molecule has 130 valence electrons. The van der Waals surface area contributed by atoms with Crippen molar-refractivity contribution in [2.24, 2.45) is 0 Å². The zero-order valence-corrected chi connectivity index (χ0v) is 13.9. The largest absolute Gasteiger partial charge is 0.357 e. The quantitative estimate of drug-likeness (QED) is 0.874. The lowest BCUT2D eigenvalue weighted by Gasteiger charge is -2.40. The van der Waals surface area contributed by atoms with Gasteiger partial charge in [-0.15, -0.1) is 0 Å². The molecule has 1 fully saturated rings. The van der Waals surface area contributed by atoms with Gasteiger partial charge in [0.05, 0.1) is 6.54 Å². The average molecular weight is 335 g/mol. The Bertz CT molecular complexity index is 618. The number of carbonyl (C=O) groups is 3. The summed E-state index contributed by atoms with van der Waals surface area (Å²) < 4.78 is 12.9. The first kappa shape index (κ1) is 17.9. The van der Waals surface area contributed by atoms with Gasteiger partial charge in [-0.05, 0) is 24.1 Å². The number of halogens is 1. The third-order valence-electron chi connectivity index (χ3n) is 4.24. The van der Waals surface area contributed by atoms with E-state index in [4.69, 9.17) is 0 Å². The van der Waals surface area contributed by atoms with Gasteiger partial charge in [-0.3, -0.25) is 14.4 Å². The Morgan fingerprint density at radius 3 is 2.46 bits per heavy atom. The van der Waals surface area contributed by atoms with Crippen molar-refractivity contribution in [2.75, 3.05) is 26.7 Å². The molecule has 1 saturated heterocycles. The van der Waals surface area contributed by atoms with Gasteiger partial charge in [0.2, 0.25) is 17.7 Å². The summed E-state index contributed by atoms with van der Waals surface area (Å²) >= 11 is 0. The van der Waals surface area contributed by atoms with Crippen molar-refractivity contribution in [3.05, 3.63) is 35.6 Å². The molecule has 1 aromatic rings. The first-order valence-electron chi connectivity index (χ1n) is 7.93. The summed E-state index contributed by atoms with van der Waals surface area (Å²) in [5.41, 5.74) is 0.864. The maximum atomic E-state index is 12.9. The highest BCUT2D eigenvalue weighted by Crippen LogP contribution is 2.14. The lowest BCUT2D eigenvalue weighted by atomic mass is 10.1. The second-order valence-corrected chi connectivity index (χ2v) is 5.81. The number of amides is 3. The molecule has 1 aliphatic rings. The maximum absolute atomic E-state index is 12.9. The summed E-state index contributed by atoms with van der Waals surface area (Å²) in [6, 6.07) is 5.34. The van der Waals surface area contributed by atoms with E-state index >= 15 is 0 Å². The fourth-order valence-corrected chi connectivity index (χ4v) is 2.80. The van der Waals surface area contributed by atoms with Gasteiger partial charge in [0.25, 0.3) is 0 Å². The molecule has 0 aliphatic carbocycles. The van der Waals surface area contributed by atoms with E-state index in [2.05, 4.69) is 5.32 Å². The second-order valence-electron chi connectivity index (χ2n) is 5.81. The van der Waals surface area contributed by atoms with Crippen molar-refractivity contribution < 1.29 is 18.8 Å². The summed E-state index contributed by atoms with van der Waals surface area (Å²) in [6.07, 6.45) is 0.714. The lowest BCUT2D eigenvalue weighted by molar-refractivity contribution is -0.147. The predicted octanol–water partition coefficient (Wildman–Crippen LogP) is 0.564. The minimum atomic E-state index is -0.673. The Balaban J connectivity index is 2.01. The SMILES string of the molecule is CNC(=O)[C@@H]1CN(C(C)=O)CCN1C(=O)CCc1ccc(F)cc1. The van der Waals surface area contributed by atoms with Crippen molar-refractivity contribution in [1.29, 1.82) is 0 Å². The lowest BCUT2D eigenvalue weighted by Crippen LogP contribution is -2.61. The number of hydrogen-bond acceptors (Lipinski definition) is 3. The number of aryl methyl sites for hydroxylation is 1. The van der Waals surface area contributed by atoms with E-state index < -0.39 is 6.04 Å². The molecule has 1 aliphatic heterocycles. The van der Waals surface area contributed by atoms with E-state index in [1.807, 2.05) is 0 Å². The Morgan fingerprint density at radius 2 is 1.88 bits per heavy atom. The molecule has 0 saturated carbocycles. The third kappa shape index (κ3) is 4.31. The van der Waals surface area contributed by atoms with Gasteiger partial charge in [0.1, 0.15) is 11.9 Å². The zero-order chi connectivity index (χ0) is 17.7. The van der Waals surface area contributed by atoms with Crippen LogP contribution in [0.25, 0.3) is 0 Å². The van der Waals surface area contributed by atoms with Crippen molar-refractivity contribution in [2.45, 2.75) is 25.8 Å². The fourth-order valence-electron chi connectivity index (χ4n) is 2.80. The smallest absolute Gasteiger partial charge is 0.244 e. The molecule has 0 bridgehead atoms. The van der Waals surface area contributed by atoms with Crippen LogP contribution in [-0.4, -0.2) is 60.2 Å². The van der Waals surface area contributed by atoms with Crippen LogP contribution in [0.1, 0.15) is 18.9 Å². The second kappa shape index (κ2) is 7.90. The third-order valence-corrected chi connectivity index (χ3v) is 4.24. The molecule has 0 aromatic heterocycles. The summed E-state index contributed by atoms with van der Waals surface area (Å²) in [5, 5.41) is 2.55. The Kier molecular flexibility index (Phi) is 5.89. The molecular weight excluding hydrogens is 313 g/mol. The number of likely N-dealkylation sites (N-methyl/N-ethyl adjacent to an activating group) is 1. The Hall–Kier alpha value is -2.44. The standard InChI is InChI=1S/C17H22FN3O3/c1-12(22)20-9-10-21(15(11-20)17(24)19-2)16(23)8-5-13-3-6-14(18)7-4-13/h3-4,6-7,15H,5,8-11H2,1-2H3,(H,19,24)/t15-/m0/s1. The molecule has 7 heteroatoms. The average Bonchev–Trinajstić information content (AvgIpc) is 2.59. The van der Waals surface area contributed by atoms with Gasteiger partial charge in [-0.2, -0.15) is 0 Å². The van der Waals surface area contributed by atoms with Crippen molar-refractivity contribution in [1.82, 2.24) is 15.1 Å². The van der Waals surface area contributed by atoms with Crippen molar-refractivity contribution in [3.63, 3.8) is 0 Å². The molecule has 24 heavy (non-hydrogen) atoms. The van der Waals surface area contributed by atoms with Gasteiger partial charge >= 0.3 is 0 Å². The van der Waals surface area contributed by atoms with Crippen LogP contribution in [0, 0.1) is 5.82 Å². The summed E-state index contributed by atoms with van der Waals surface area (Å²) in [5.74, 6) is -0.848. The topological polar surface area (TPSA) is 69.7 Å². The van der Waals surface area contributed by atoms with Gasteiger partial charge in [-0.25, -0.2) is 4.39 Å². The minimum absolute atomic E-state index is 0.109. The molecule has 1 aromatic carbocycles. The van der Waals surface area contributed by atoms with Crippen LogP contribution in [0.15, 0.2) is 24.3 Å². The Labute approximate surface area is 140 Å². The first-order chi connectivity index (χ1) is 11.4. The summed E-state index contributed by atoms with van der Waals surface area (Å²) in [4.78, 5) is 39.2. The Morgan fingerprint density at radius 1 is 1.21 bits per heavy atom. The number of hydrogen-bond donors (Lipinski definition) is 1. The molecule has 2 rings (SSSR count). The van der Waals surface area contributed by atoms with Crippen molar-refractivity contribution in [3.8, 4) is 0 Å². The van der Waals surface area contributed by atoms with E-state index in [0.717, 1.165) is 5.56 Å². The summed E-state index contributed by atoms with van der Waals surface area (Å²) in [6.45, 7) is 2.41. The summed E-state index contributed by atoms with van der Waals surface area (Å²) in [7, 11) is 1.51. The van der Waals surface area contributed by atoms with Crippen LogP contribution in [0.2, 0.25) is 0 Å². The van der Waals surface area contributed by atoms with Gasteiger partial charge < -0.3 is 15.1 Å². The number of piperazine rings is 1. The van der Waals surface area contributed by atoms with Gasteiger partial charge in [-0.1, -0.05) is 12.1 Å². The highest BCUT2D eigenvalue weighted by molar-refractivity contribution is 5.89. The van der Waals surface area contributed by atoms with E-state index in [-0.39, 0.29) is 36.5 Å². The molecule has 6 nitrogen and oxygen atoms in total. The van der Waals surface area contributed by atoms with Crippen LogP contribution >= 0.6 is 0 Å². The molecule has 0 unspecified atom stereocenters. The van der Waals surface area contributed by atoms with E-state index in [1.54, 1.807) is 17.0 Å². The van der Waals surface area contributed by atoms with Crippen LogP contribution in [-0.2, 0) is 20.8 Å². The highest BCUT2D eigenvalue weighted by atomic mass is 19.1. The molecule has 1 atom stereocenters. The molecule has 0 radical (unpaired) electrons. The monoisotopic (exact) mass is 335 g/mol. The molecule has 3 amide bonds. The molecule has 0 spiro atoms. The van der Waals surface area contributed by atoms with Gasteiger partial charge in [0.15, 0.2) is 0 Å². The van der Waals surface area contributed by atoms with Crippen LogP contribution in [0.4, 0.5) is 4.39 Å². The van der Waals surface area contributed by atoms with E-state index in [0.29, 0.717) is 19.5 Å². The normalized spacial score (nSPS) is 17.5. The predicted molar refractivity (Wildman–Crippen MR) is 86.5 cm³/mol. The number of rotatable bonds is 4. The minimum Gasteiger partial charge on any atom is -0.357 e. The maximum Gasteiger partial charge on any atom is 0.244 e. The van der Waals surface area contributed by atoms with Crippen molar-refractivity contribution >= 4 is 17.7 Å². The molecular formula is C17H22FN3O3. The molecule has 1 heterocycles. The highest BCUT2D eigenvalue weighted by Gasteiger charge is 2.35. The van der Waals surface area contributed by atoms with Gasteiger partial charge in [0, 0.05) is 33.5 Å². The van der Waals surface area contributed by atoms with E-state index in [1.165, 1.54) is 31.0 Å². The fraction of sp³-hybridized carbons (Fsp3) is 0.471. The zero-order valence-electron chi connectivity index (χ0n) is 13.9. The number of benzene rings is 1. The van der Waals surface area contributed by atoms with Crippen LogP contribution < -0.4 is 5.32 Å². The first-order valence-corrected chi connectivity index (χ1v) is 7.93. The number of carbonyl (C=O) groups excluding carboxylic acids is 3. The van der Waals surface area contributed by atoms with E-state index in [9.17, 15) is 18.8 Å². The molecule has 1 N–H and O–H groups in total. The van der Waals surface area contributed by atoms with Crippen LogP contribution in [0.3, 0.4) is 0 Å². The number of nitrogens with one attached hydrogen (secondary N) is 1. The van der Waals surface area contributed by atoms with Crippen LogP contribution in [0.5, 0.6) is 0 Å². The number of nitrogens with zero attached hydrogens (tertiary/aromatic N) is 2.